The van der Waals surface area contributed by atoms with E-state index in [0.29, 0.717) is 23.3 Å². The maximum Gasteiger partial charge on any atom is 0.215 e. The molecule has 1 aliphatic heterocycles. The molecule has 120 valence electrons. The molecular weight excluding hydrogens is 316 g/mol. The molecule has 3 rings (SSSR count). The molecule has 0 amide bonds. The van der Waals surface area contributed by atoms with Crippen LogP contribution in [0, 0.1) is 0 Å². The van der Waals surface area contributed by atoms with Gasteiger partial charge in [-0.1, -0.05) is 11.6 Å². The van der Waals surface area contributed by atoms with E-state index in [2.05, 4.69) is 9.98 Å². The van der Waals surface area contributed by atoms with Gasteiger partial charge in [0.1, 0.15) is 5.15 Å². The molecule has 0 atom stereocenters. The summed E-state index contributed by atoms with van der Waals surface area (Å²) in [6.45, 7) is 0.708. The Morgan fingerprint density at radius 1 is 0.957 bits per heavy atom. The SMILES string of the molecule is COc1cc(C2=NCCc3cc(OC)c(OC)cc32)cc(Cl)n1. The molecular formula is C17H17ClN2O3. The molecule has 0 N–H and O–H groups in total. The topological polar surface area (TPSA) is 52.9 Å². The van der Waals surface area contributed by atoms with Crippen LogP contribution in [0.1, 0.15) is 16.7 Å². The molecule has 0 radical (unpaired) electrons. The van der Waals surface area contributed by atoms with Gasteiger partial charge in [0.25, 0.3) is 0 Å². The Bertz CT molecular complexity index is 775. The van der Waals surface area contributed by atoms with Crippen molar-refractivity contribution in [2.45, 2.75) is 6.42 Å². The van der Waals surface area contributed by atoms with E-state index in [0.717, 1.165) is 29.0 Å². The number of halogens is 1. The van der Waals surface area contributed by atoms with Crippen molar-refractivity contribution in [2.24, 2.45) is 4.99 Å². The van der Waals surface area contributed by atoms with Crippen LogP contribution < -0.4 is 14.2 Å². The molecule has 5 nitrogen and oxygen atoms in total. The monoisotopic (exact) mass is 332 g/mol. The molecule has 0 aliphatic carbocycles. The largest absolute Gasteiger partial charge is 0.493 e. The Morgan fingerprint density at radius 3 is 2.39 bits per heavy atom. The smallest absolute Gasteiger partial charge is 0.215 e. The Hall–Kier alpha value is -2.27. The van der Waals surface area contributed by atoms with Crippen LogP contribution in [0.3, 0.4) is 0 Å². The van der Waals surface area contributed by atoms with Crippen LogP contribution in [0.25, 0.3) is 0 Å². The summed E-state index contributed by atoms with van der Waals surface area (Å²) in [5.41, 5.74) is 3.91. The number of hydrogen-bond donors (Lipinski definition) is 0. The molecule has 0 fully saturated rings. The summed E-state index contributed by atoms with van der Waals surface area (Å²) < 4.78 is 16.0. The van der Waals surface area contributed by atoms with Crippen LogP contribution in [0.15, 0.2) is 29.3 Å². The van der Waals surface area contributed by atoms with Gasteiger partial charge < -0.3 is 14.2 Å². The summed E-state index contributed by atoms with van der Waals surface area (Å²) >= 11 is 6.09. The molecule has 0 saturated heterocycles. The first-order valence-corrected chi connectivity index (χ1v) is 7.55. The van der Waals surface area contributed by atoms with Crippen LogP contribution in [0.5, 0.6) is 17.4 Å². The lowest BCUT2D eigenvalue weighted by molar-refractivity contribution is 0.354. The van der Waals surface area contributed by atoms with Gasteiger partial charge in [0, 0.05) is 23.7 Å². The van der Waals surface area contributed by atoms with E-state index in [-0.39, 0.29) is 0 Å². The van der Waals surface area contributed by atoms with Crippen LogP contribution in [0.2, 0.25) is 5.15 Å². The van der Waals surface area contributed by atoms with Crippen molar-refractivity contribution in [1.82, 2.24) is 4.98 Å². The fraction of sp³-hybridized carbons (Fsp3) is 0.294. The molecule has 1 aliphatic rings. The summed E-state index contributed by atoms with van der Waals surface area (Å²) in [7, 11) is 4.82. The zero-order chi connectivity index (χ0) is 16.4. The van der Waals surface area contributed by atoms with E-state index in [4.69, 9.17) is 25.8 Å². The van der Waals surface area contributed by atoms with Gasteiger partial charge >= 0.3 is 0 Å². The van der Waals surface area contributed by atoms with Crippen LogP contribution in [-0.4, -0.2) is 38.6 Å². The summed E-state index contributed by atoms with van der Waals surface area (Å²) in [5.74, 6) is 1.86. The lowest BCUT2D eigenvalue weighted by Gasteiger charge is -2.20. The molecule has 23 heavy (non-hydrogen) atoms. The van der Waals surface area contributed by atoms with Gasteiger partial charge in [0.05, 0.1) is 27.0 Å². The van der Waals surface area contributed by atoms with Crippen molar-refractivity contribution in [3.8, 4) is 17.4 Å². The molecule has 0 spiro atoms. The van der Waals surface area contributed by atoms with E-state index in [9.17, 15) is 0 Å². The second-order valence-corrected chi connectivity index (χ2v) is 5.45. The van der Waals surface area contributed by atoms with E-state index in [1.165, 1.54) is 5.56 Å². The van der Waals surface area contributed by atoms with Crippen LogP contribution in [-0.2, 0) is 6.42 Å². The third-order valence-corrected chi connectivity index (χ3v) is 3.96. The summed E-state index contributed by atoms with van der Waals surface area (Å²) in [6, 6.07) is 7.57. The molecule has 0 bridgehead atoms. The molecule has 0 saturated carbocycles. The fourth-order valence-electron chi connectivity index (χ4n) is 2.68. The van der Waals surface area contributed by atoms with E-state index >= 15 is 0 Å². The third-order valence-electron chi connectivity index (χ3n) is 3.77. The predicted molar refractivity (Wildman–Crippen MR) is 89.6 cm³/mol. The first kappa shape index (κ1) is 15.6. The number of fused-ring (bicyclic) bond motifs is 1. The number of rotatable bonds is 4. The molecule has 2 aromatic rings. The zero-order valence-corrected chi connectivity index (χ0v) is 14.0. The second kappa shape index (κ2) is 6.46. The number of methoxy groups -OCH3 is 3. The fourth-order valence-corrected chi connectivity index (χ4v) is 2.88. The van der Waals surface area contributed by atoms with Crippen molar-refractivity contribution in [2.75, 3.05) is 27.9 Å². The number of nitrogens with zero attached hydrogens (tertiary/aromatic N) is 2. The van der Waals surface area contributed by atoms with E-state index in [1.807, 2.05) is 18.2 Å². The van der Waals surface area contributed by atoms with E-state index < -0.39 is 0 Å². The lowest BCUT2D eigenvalue weighted by atomic mass is 9.93. The maximum absolute atomic E-state index is 6.09. The number of aliphatic imine (C=N–C) groups is 1. The Morgan fingerprint density at radius 2 is 1.70 bits per heavy atom. The quantitative estimate of drug-likeness (QED) is 0.807. The third kappa shape index (κ3) is 2.97. The van der Waals surface area contributed by atoms with Gasteiger partial charge in [-0.15, -0.1) is 0 Å². The number of benzene rings is 1. The van der Waals surface area contributed by atoms with Crippen molar-refractivity contribution >= 4 is 17.3 Å². The van der Waals surface area contributed by atoms with Crippen LogP contribution >= 0.6 is 11.6 Å². The highest BCUT2D eigenvalue weighted by Gasteiger charge is 2.20. The van der Waals surface area contributed by atoms with Gasteiger partial charge in [-0.3, -0.25) is 4.99 Å². The van der Waals surface area contributed by atoms with Crippen LogP contribution in [0.4, 0.5) is 0 Å². The average molecular weight is 333 g/mol. The van der Waals surface area contributed by atoms with E-state index in [1.54, 1.807) is 27.4 Å². The maximum atomic E-state index is 6.09. The predicted octanol–water partition coefficient (Wildman–Crippen LogP) is 3.15. The first-order valence-electron chi connectivity index (χ1n) is 7.18. The highest BCUT2D eigenvalue weighted by atomic mass is 35.5. The van der Waals surface area contributed by atoms with Gasteiger partial charge in [-0.2, -0.15) is 0 Å². The second-order valence-electron chi connectivity index (χ2n) is 5.07. The molecule has 2 heterocycles. The summed E-state index contributed by atoms with van der Waals surface area (Å²) in [4.78, 5) is 8.77. The Labute approximate surface area is 139 Å². The van der Waals surface area contributed by atoms with Crippen molar-refractivity contribution < 1.29 is 14.2 Å². The lowest BCUT2D eigenvalue weighted by Crippen LogP contribution is -2.15. The highest BCUT2D eigenvalue weighted by Crippen LogP contribution is 2.34. The number of pyridine rings is 1. The standard InChI is InChI=1S/C17H17ClN2O3/c1-21-13-6-10-4-5-19-17(12(10)9-14(13)22-2)11-7-15(18)20-16(8-11)23-3/h6-9H,4-5H2,1-3H3. The summed E-state index contributed by atoms with van der Waals surface area (Å²) in [5, 5.41) is 0.370. The van der Waals surface area contributed by atoms with Crippen molar-refractivity contribution in [3.63, 3.8) is 0 Å². The minimum absolute atomic E-state index is 0.370. The minimum Gasteiger partial charge on any atom is -0.493 e. The number of aromatic nitrogens is 1. The van der Waals surface area contributed by atoms with Gasteiger partial charge in [0.2, 0.25) is 5.88 Å². The number of hydrogen-bond acceptors (Lipinski definition) is 5. The zero-order valence-electron chi connectivity index (χ0n) is 13.2. The number of ether oxygens (including phenoxy) is 3. The van der Waals surface area contributed by atoms with Gasteiger partial charge in [0.15, 0.2) is 11.5 Å². The minimum atomic E-state index is 0.370. The first-order chi connectivity index (χ1) is 11.2. The highest BCUT2D eigenvalue weighted by molar-refractivity contribution is 6.30. The molecule has 1 aromatic heterocycles. The summed E-state index contributed by atoms with van der Waals surface area (Å²) in [6.07, 6.45) is 0.856. The molecule has 0 unspecified atom stereocenters. The van der Waals surface area contributed by atoms with Gasteiger partial charge in [-0.25, -0.2) is 4.98 Å². The average Bonchev–Trinajstić information content (AvgIpc) is 2.59. The normalized spacial score (nSPS) is 13.1. The van der Waals surface area contributed by atoms with Gasteiger partial charge in [-0.05, 0) is 30.2 Å². The van der Waals surface area contributed by atoms with Crippen molar-refractivity contribution in [3.05, 3.63) is 46.1 Å². The van der Waals surface area contributed by atoms with Crippen molar-refractivity contribution in [1.29, 1.82) is 0 Å². The molecule has 1 aromatic carbocycles. The molecule has 6 heteroatoms. The Balaban J connectivity index is 2.13. The Kier molecular flexibility index (Phi) is 4.39.